The van der Waals surface area contributed by atoms with Crippen LogP contribution in [0, 0.1) is 13.8 Å². The van der Waals surface area contributed by atoms with E-state index in [0.29, 0.717) is 0 Å². The zero-order valence-corrected chi connectivity index (χ0v) is 30.7. The fraction of sp³-hybridized carbons (Fsp3) is 0.0400. The van der Waals surface area contributed by atoms with Crippen LogP contribution in [0.4, 0.5) is 0 Å². The number of para-hydroxylation sites is 4. The number of fused-ring (bicyclic) bond motifs is 8. The summed E-state index contributed by atoms with van der Waals surface area (Å²) < 4.78 is 5.07. The average Bonchev–Trinajstić information content (AvgIpc) is 3.74. The second-order valence-corrected chi connectivity index (χ2v) is 18.3. The van der Waals surface area contributed by atoms with Gasteiger partial charge in [0.1, 0.15) is 0 Å². The molecule has 0 amide bonds. The molecule has 0 aliphatic carbocycles. The topological polar surface area (TPSA) is 9.86 Å². The predicted octanol–water partition coefficient (Wildman–Crippen LogP) is 9.86. The van der Waals surface area contributed by atoms with Gasteiger partial charge in [-0.3, -0.25) is 0 Å². The second-order valence-electron chi connectivity index (χ2n) is 14.6. The summed E-state index contributed by atoms with van der Waals surface area (Å²) >= 11 is 0. The first-order chi connectivity index (χ1) is 26.1. The number of nitrogens with zero attached hydrogens (tertiary/aromatic N) is 2. The molecule has 1 aliphatic heterocycles. The zero-order valence-electron chi connectivity index (χ0n) is 29.7. The highest BCUT2D eigenvalue weighted by molar-refractivity contribution is 7.21. The van der Waals surface area contributed by atoms with Crippen LogP contribution in [0.2, 0.25) is 0 Å². The summed E-state index contributed by atoms with van der Waals surface area (Å²) in [4.78, 5) is 0. The lowest BCUT2D eigenvalue weighted by Gasteiger charge is -2.39. The van der Waals surface area contributed by atoms with Gasteiger partial charge in [0.05, 0.1) is 22.1 Å². The number of benzene rings is 8. The molecule has 2 aromatic heterocycles. The van der Waals surface area contributed by atoms with Gasteiger partial charge in [-0.05, 0) is 81.1 Å². The van der Waals surface area contributed by atoms with E-state index in [0.717, 1.165) is 0 Å². The van der Waals surface area contributed by atoms with E-state index in [1.54, 1.807) is 0 Å². The van der Waals surface area contributed by atoms with Gasteiger partial charge >= 0.3 is 0 Å². The van der Waals surface area contributed by atoms with E-state index in [2.05, 4.69) is 205 Å². The highest BCUT2D eigenvalue weighted by atomic mass is 28.3. The van der Waals surface area contributed by atoms with E-state index in [1.807, 2.05) is 0 Å². The third-order valence-electron chi connectivity index (χ3n) is 11.8. The fourth-order valence-corrected chi connectivity index (χ4v) is 14.7. The molecule has 0 N–H and O–H groups in total. The van der Waals surface area contributed by atoms with Crippen LogP contribution in [0.5, 0.6) is 0 Å². The van der Waals surface area contributed by atoms with E-state index >= 15 is 0 Å². The van der Waals surface area contributed by atoms with Gasteiger partial charge < -0.3 is 9.13 Å². The summed E-state index contributed by atoms with van der Waals surface area (Å²) in [6, 6.07) is 68.4. The van der Waals surface area contributed by atoms with Crippen molar-refractivity contribution in [1.82, 2.24) is 9.13 Å². The molecule has 1 aliphatic rings. The highest BCUT2D eigenvalue weighted by Gasteiger charge is 2.47. The molecule has 0 radical (unpaired) electrons. The molecule has 11 rings (SSSR count). The van der Waals surface area contributed by atoms with Crippen molar-refractivity contribution in [1.29, 1.82) is 0 Å². The first kappa shape index (κ1) is 30.2. The Morgan fingerprint density at radius 3 is 1.62 bits per heavy atom. The van der Waals surface area contributed by atoms with E-state index in [4.69, 9.17) is 0 Å². The third kappa shape index (κ3) is 4.08. The fourth-order valence-electron chi connectivity index (χ4n) is 9.62. The largest absolute Gasteiger partial charge is 0.309 e. The first-order valence-electron chi connectivity index (χ1n) is 18.5. The predicted molar refractivity (Wildman–Crippen MR) is 227 cm³/mol. The maximum absolute atomic E-state index is 2.77. The van der Waals surface area contributed by atoms with Crippen LogP contribution in [0.15, 0.2) is 182 Å². The number of hydrogen-bond donors (Lipinski definition) is 0. The highest BCUT2D eigenvalue weighted by Crippen LogP contribution is 2.39. The van der Waals surface area contributed by atoms with Gasteiger partial charge in [0.15, 0.2) is 8.07 Å². The first-order valence-corrected chi connectivity index (χ1v) is 20.5. The summed E-state index contributed by atoms with van der Waals surface area (Å²) in [5, 5.41) is 10.9. The molecule has 3 heteroatoms. The number of rotatable bonds is 4. The minimum absolute atomic E-state index is 1.20. The quantitative estimate of drug-likeness (QED) is 0.163. The van der Waals surface area contributed by atoms with Gasteiger partial charge in [-0.2, -0.15) is 0 Å². The van der Waals surface area contributed by atoms with Crippen molar-refractivity contribution in [3.63, 3.8) is 0 Å². The van der Waals surface area contributed by atoms with Crippen molar-refractivity contribution >= 4 is 72.4 Å². The molecule has 3 heterocycles. The van der Waals surface area contributed by atoms with Crippen molar-refractivity contribution in [3.8, 4) is 22.5 Å². The van der Waals surface area contributed by atoms with Crippen molar-refractivity contribution in [2.45, 2.75) is 13.8 Å². The molecule has 0 saturated heterocycles. The Morgan fingerprint density at radius 1 is 0.377 bits per heavy atom. The van der Waals surface area contributed by atoms with Crippen LogP contribution in [0.25, 0.3) is 66.1 Å². The molecular formula is C50H36N2Si. The van der Waals surface area contributed by atoms with Crippen molar-refractivity contribution in [3.05, 3.63) is 193 Å². The van der Waals surface area contributed by atoms with Crippen molar-refractivity contribution < 1.29 is 0 Å². The number of aromatic nitrogens is 2. The molecule has 1 unspecified atom stereocenters. The summed E-state index contributed by atoms with van der Waals surface area (Å²) in [6.45, 7) is 4.48. The van der Waals surface area contributed by atoms with E-state index < -0.39 is 8.07 Å². The van der Waals surface area contributed by atoms with Crippen LogP contribution in [0.3, 0.4) is 0 Å². The zero-order chi connectivity index (χ0) is 35.3. The molecule has 8 aromatic carbocycles. The van der Waals surface area contributed by atoms with Gasteiger partial charge in [0, 0.05) is 32.9 Å². The summed E-state index contributed by atoms with van der Waals surface area (Å²) in [6.07, 6.45) is 0. The Morgan fingerprint density at radius 2 is 0.925 bits per heavy atom. The molecule has 10 aromatic rings. The average molecular weight is 693 g/mol. The van der Waals surface area contributed by atoms with E-state index in [9.17, 15) is 0 Å². The van der Waals surface area contributed by atoms with Crippen LogP contribution in [0.1, 0.15) is 11.1 Å². The lowest BCUT2D eigenvalue weighted by Crippen LogP contribution is -2.76. The Hall–Kier alpha value is -6.42. The summed E-state index contributed by atoms with van der Waals surface area (Å²) in [5.74, 6) is 0. The molecule has 0 bridgehead atoms. The third-order valence-corrected chi connectivity index (χ3v) is 16.7. The minimum Gasteiger partial charge on any atom is -0.309 e. The van der Waals surface area contributed by atoms with E-state index in [-0.39, 0.29) is 0 Å². The van der Waals surface area contributed by atoms with Gasteiger partial charge in [0.25, 0.3) is 0 Å². The summed E-state index contributed by atoms with van der Waals surface area (Å²) in [5.41, 5.74) is 12.7. The monoisotopic (exact) mass is 692 g/mol. The molecule has 250 valence electrons. The Bertz CT molecular complexity index is 3000. The Labute approximate surface area is 309 Å². The standard InChI is InChI=1S/C50H36N2Si/c1-33-14-11-20-40-41-21-12-15-34(2)49(41)51(48(33)40)37-28-31-44-43(32-37)42-22-13-25-47-50(42)52(44)45-23-9-10-24-46(45)53(47,38-18-7-4-8-19-38)39-29-26-36(27-30-39)35-16-5-3-6-17-35/h3-32H,1-2H3. The van der Waals surface area contributed by atoms with Crippen LogP contribution < -0.4 is 20.7 Å². The molecule has 1 atom stereocenters. The van der Waals surface area contributed by atoms with Crippen LogP contribution in [-0.2, 0) is 0 Å². The van der Waals surface area contributed by atoms with Crippen molar-refractivity contribution in [2.24, 2.45) is 0 Å². The molecule has 0 saturated carbocycles. The molecule has 0 spiro atoms. The Kier molecular flexibility index (Phi) is 6.44. The number of hydrogen-bond acceptors (Lipinski definition) is 0. The molecule has 53 heavy (non-hydrogen) atoms. The molecular weight excluding hydrogens is 657 g/mol. The molecule has 0 fully saturated rings. The SMILES string of the molecule is Cc1cccc2c3cccc(C)c3n(-c3ccc4c(c3)c3cccc5c3n4-c3ccccc3[Si]5(c3ccccc3)c3ccc(-c4ccccc4)cc3)c12. The van der Waals surface area contributed by atoms with Gasteiger partial charge in [-0.1, -0.05) is 158 Å². The van der Waals surface area contributed by atoms with Gasteiger partial charge in [-0.15, -0.1) is 0 Å². The lowest BCUT2D eigenvalue weighted by atomic mass is 10.1. The second kappa shape index (κ2) is 11.3. The minimum atomic E-state index is -2.77. The smallest absolute Gasteiger partial charge is 0.184 e. The normalized spacial score (nSPS) is 15.1. The maximum Gasteiger partial charge on any atom is 0.184 e. The van der Waals surface area contributed by atoms with Gasteiger partial charge in [0.2, 0.25) is 0 Å². The van der Waals surface area contributed by atoms with Crippen molar-refractivity contribution in [2.75, 3.05) is 0 Å². The van der Waals surface area contributed by atoms with Crippen LogP contribution in [-0.4, -0.2) is 17.2 Å². The van der Waals surface area contributed by atoms with Crippen LogP contribution >= 0.6 is 0 Å². The maximum atomic E-state index is 2.56. The lowest BCUT2D eigenvalue weighted by molar-refractivity contribution is 1.15. The Balaban J connectivity index is 1.24. The molecule has 2 nitrogen and oxygen atoms in total. The van der Waals surface area contributed by atoms with Gasteiger partial charge in [-0.25, -0.2) is 0 Å². The number of aryl methyl sites for hydroxylation is 2. The summed E-state index contributed by atoms with van der Waals surface area (Å²) in [7, 11) is -2.77. The van der Waals surface area contributed by atoms with E-state index in [1.165, 1.54) is 98.0 Å².